The molecule has 195 valence electrons. The highest BCUT2D eigenvalue weighted by Gasteiger charge is 2.33. The van der Waals surface area contributed by atoms with Gasteiger partial charge in [0.25, 0.3) is 0 Å². The van der Waals surface area contributed by atoms with E-state index in [0.29, 0.717) is 10.9 Å². The molecule has 0 unspecified atom stereocenters. The molecule has 0 bridgehead atoms. The van der Waals surface area contributed by atoms with Crippen LogP contribution in [0.3, 0.4) is 0 Å². The van der Waals surface area contributed by atoms with Crippen LogP contribution in [0.15, 0.2) is 42.0 Å². The van der Waals surface area contributed by atoms with Gasteiger partial charge in [-0.25, -0.2) is 0 Å². The summed E-state index contributed by atoms with van der Waals surface area (Å²) >= 11 is 0. The highest BCUT2D eigenvalue weighted by atomic mass is 16.3. The van der Waals surface area contributed by atoms with Crippen molar-refractivity contribution in [3.63, 3.8) is 0 Å². The van der Waals surface area contributed by atoms with Crippen LogP contribution in [-0.2, 0) is 21.4 Å². The Morgan fingerprint density at radius 3 is 1.54 bits per heavy atom. The van der Waals surface area contributed by atoms with Gasteiger partial charge >= 0.3 is 0 Å². The third-order valence-corrected chi connectivity index (χ3v) is 7.62. The molecule has 0 saturated heterocycles. The third-order valence-electron chi connectivity index (χ3n) is 7.62. The quantitative estimate of drug-likeness (QED) is 0.331. The minimum atomic E-state index is -0.305. The van der Waals surface area contributed by atoms with E-state index in [1.807, 2.05) is 24.3 Å². The number of carbonyl (C=O) groups excluding carboxylic acids is 1. The van der Waals surface area contributed by atoms with Gasteiger partial charge in [-0.3, -0.25) is 9.90 Å². The van der Waals surface area contributed by atoms with Gasteiger partial charge in [-0.15, -0.1) is 0 Å². The molecule has 0 aliphatic heterocycles. The first-order valence-electron chi connectivity index (χ1n) is 13.4. The maximum atomic E-state index is 13.9. The molecule has 0 spiro atoms. The summed E-state index contributed by atoms with van der Waals surface area (Å²) in [6, 6.07) is 12.8. The predicted molar refractivity (Wildman–Crippen MR) is 157 cm³/mol. The van der Waals surface area contributed by atoms with Gasteiger partial charge in [-0.1, -0.05) is 101 Å². The molecule has 0 saturated carbocycles. The fourth-order valence-electron chi connectivity index (χ4n) is 5.17. The average molecular weight is 496 g/mol. The fraction of sp³-hybridized carbons (Fsp3) is 0.457. The van der Waals surface area contributed by atoms with Gasteiger partial charge in [0.15, 0.2) is 11.5 Å². The second-order valence-corrected chi connectivity index (χ2v) is 15.0. The van der Waals surface area contributed by atoms with Gasteiger partial charge in [-0.05, 0) is 73.8 Å². The summed E-state index contributed by atoms with van der Waals surface area (Å²) in [5.41, 5.74) is 7.00. The smallest absolute Gasteiger partial charge is 0.190 e. The number of allylic oxidation sites excluding steroid dienone is 1. The summed E-state index contributed by atoms with van der Waals surface area (Å²) in [4.78, 5) is 13.9. The molecule has 0 atom stereocenters. The lowest BCUT2D eigenvalue weighted by Gasteiger charge is -2.29. The Morgan fingerprint density at radius 2 is 1.08 bits per heavy atom. The number of hydrogen-bond acceptors (Lipinski definition) is 1. The SMILES string of the molecule is CC(C)(C)C1=Cc2cc(C(C)(C)C)c([O])c3cc(-c4cc(C(C)(C)C)cc(C(C)(C)C)c4)cc(c23)C1=O. The van der Waals surface area contributed by atoms with E-state index in [1.54, 1.807) is 0 Å². The van der Waals surface area contributed by atoms with Crippen LogP contribution in [-0.4, -0.2) is 5.78 Å². The third kappa shape index (κ3) is 4.88. The Bertz CT molecular complexity index is 1420. The molecular formula is C35H43O2. The topological polar surface area (TPSA) is 37.0 Å². The lowest BCUT2D eigenvalue weighted by Crippen LogP contribution is -2.21. The number of carbonyl (C=O) groups is 1. The standard InChI is InChI=1S/C35H43O2/c1-32(2,3)23-13-20(14-24(19-23)33(4,5)6)21-15-25-29-22(17-27(30(25)36)34(7,8)9)18-28(35(10,11)12)31(37)26(29)16-21/h13-19H,1-12H3. The molecule has 0 N–H and O–H groups in total. The highest BCUT2D eigenvalue weighted by molar-refractivity contribution is 6.24. The molecule has 4 rings (SSSR count). The van der Waals surface area contributed by atoms with Crippen molar-refractivity contribution in [1.82, 2.24) is 0 Å². The van der Waals surface area contributed by atoms with Gasteiger partial charge in [0, 0.05) is 27.5 Å². The Labute approximate surface area is 223 Å². The Kier molecular flexibility index (Phi) is 6.11. The van der Waals surface area contributed by atoms with Gasteiger partial charge in [0.2, 0.25) is 0 Å². The van der Waals surface area contributed by atoms with Crippen molar-refractivity contribution in [2.24, 2.45) is 5.41 Å². The predicted octanol–water partition coefficient (Wildman–Crippen LogP) is 10.2. The zero-order valence-electron chi connectivity index (χ0n) is 24.9. The minimum absolute atomic E-state index is 0.0257. The van der Waals surface area contributed by atoms with E-state index in [-0.39, 0.29) is 33.2 Å². The molecule has 3 aromatic carbocycles. The maximum absolute atomic E-state index is 13.9. The fourth-order valence-corrected chi connectivity index (χ4v) is 5.17. The summed E-state index contributed by atoms with van der Waals surface area (Å²) in [5, 5.41) is 15.3. The van der Waals surface area contributed by atoms with Crippen molar-refractivity contribution in [3.05, 3.63) is 69.8 Å². The first-order valence-corrected chi connectivity index (χ1v) is 13.4. The second-order valence-electron chi connectivity index (χ2n) is 15.0. The van der Waals surface area contributed by atoms with Gasteiger partial charge in [-0.2, -0.15) is 0 Å². The van der Waals surface area contributed by atoms with Crippen LogP contribution in [0.2, 0.25) is 0 Å². The number of hydrogen-bond donors (Lipinski definition) is 0. The summed E-state index contributed by atoms with van der Waals surface area (Å²) in [6.45, 7) is 25.8. The van der Waals surface area contributed by atoms with Crippen LogP contribution in [0.1, 0.15) is 116 Å². The van der Waals surface area contributed by atoms with Crippen molar-refractivity contribution < 1.29 is 9.90 Å². The molecular weight excluding hydrogens is 452 g/mol. The van der Waals surface area contributed by atoms with E-state index < -0.39 is 0 Å². The van der Waals surface area contributed by atoms with E-state index >= 15 is 0 Å². The monoisotopic (exact) mass is 495 g/mol. The van der Waals surface area contributed by atoms with E-state index in [9.17, 15) is 9.90 Å². The molecule has 2 heteroatoms. The van der Waals surface area contributed by atoms with Crippen LogP contribution < -0.4 is 0 Å². The zero-order chi connectivity index (χ0) is 27.9. The molecule has 1 aliphatic carbocycles. The Hall–Kier alpha value is -2.87. The summed E-state index contributed by atoms with van der Waals surface area (Å²) in [7, 11) is 0. The van der Waals surface area contributed by atoms with Crippen molar-refractivity contribution >= 4 is 22.6 Å². The van der Waals surface area contributed by atoms with Crippen molar-refractivity contribution in [1.29, 1.82) is 0 Å². The largest absolute Gasteiger partial charge is 0.289 e. The molecule has 1 aliphatic rings. The van der Waals surface area contributed by atoms with Gasteiger partial charge in [0.1, 0.15) is 0 Å². The number of rotatable bonds is 1. The molecule has 0 fully saturated rings. The molecule has 0 heterocycles. The number of Topliss-reactive ketones (excluding diaryl/α,β-unsaturated/α-hetero) is 1. The van der Waals surface area contributed by atoms with E-state index in [0.717, 1.165) is 33.2 Å². The van der Waals surface area contributed by atoms with Gasteiger partial charge in [0.05, 0.1) is 0 Å². The Morgan fingerprint density at radius 1 is 0.568 bits per heavy atom. The Balaban J connectivity index is 2.14. The average Bonchev–Trinajstić information content (AvgIpc) is 2.74. The molecule has 0 amide bonds. The van der Waals surface area contributed by atoms with E-state index in [4.69, 9.17) is 0 Å². The van der Waals surface area contributed by atoms with Crippen molar-refractivity contribution in [2.45, 2.75) is 99.3 Å². The number of benzene rings is 3. The van der Waals surface area contributed by atoms with Crippen LogP contribution >= 0.6 is 0 Å². The molecule has 1 radical (unpaired) electrons. The zero-order valence-corrected chi connectivity index (χ0v) is 24.9. The van der Waals surface area contributed by atoms with Crippen LogP contribution in [0.4, 0.5) is 0 Å². The highest BCUT2D eigenvalue weighted by Crippen LogP contribution is 2.47. The normalized spacial score (nSPS) is 14.8. The van der Waals surface area contributed by atoms with Crippen molar-refractivity contribution in [3.8, 4) is 16.9 Å². The summed E-state index contributed by atoms with van der Waals surface area (Å²) in [5.74, 6) is 0.0514. The van der Waals surface area contributed by atoms with Crippen molar-refractivity contribution in [2.75, 3.05) is 0 Å². The first kappa shape index (κ1) is 27.2. The molecule has 2 nitrogen and oxygen atoms in total. The minimum Gasteiger partial charge on any atom is -0.289 e. The van der Waals surface area contributed by atoms with E-state index in [1.165, 1.54) is 11.1 Å². The summed E-state index contributed by atoms with van der Waals surface area (Å²) in [6.07, 6.45) is 2.02. The number of ketones is 1. The van der Waals surface area contributed by atoms with Crippen LogP contribution in [0.5, 0.6) is 5.75 Å². The van der Waals surface area contributed by atoms with Crippen LogP contribution in [0, 0.1) is 5.41 Å². The van der Waals surface area contributed by atoms with E-state index in [2.05, 4.69) is 101 Å². The lowest BCUT2D eigenvalue weighted by molar-refractivity contribution is 0.101. The molecule has 0 aromatic heterocycles. The second kappa shape index (κ2) is 8.32. The maximum Gasteiger partial charge on any atom is 0.190 e. The van der Waals surface area contributed by atoms with Crippen LogP contribution in [0.25, 0.3) is 28.0 Å². The molecule has 37 heavy (non-hydrogen) atoms. The summed E-state index contributed by atoms with van der Waals surface area (Å²) < 4.78 is 0. The lowest BCUT2D eigenvalue weighted by atomic mass is 9.74. The van der Waals surface area contributed by atoms with Gasteiger partial charge < -0.3 is 0 Å². The first-order chi connectivity index (χ1) is 16.7. The molecule has 3 aromatic rings.